The number of hydrogen-bond donors (Lipinski definition) is 1. The predicted molar refractivity (Wildman–Crippen MR) is 138 cm³/mol. The standard InChI is InChI=1S/C30H33N3O2/c1-35-27-12-8-24(9-13-27)5-4-23-6-10-26(11-7-23)30-28-21-32(20-25-14-16-31-17-15-25)18-2-3-19-33(28)29(30)22-34/h6-17,28-30,34H,2-3,18-22H2,1H3/t28-,29-,30+/m1/s1. The van der Waals surface area contributed by atoms with Gasteiger partial charge in [-0.25, -0.2) is 0 Å². The highest BCUT2D eigenvalue weighted by molar-refractivity contribution is 5.45. The average molecular weight is 468 g/mol. The molecule has 0 radical (unpaired) electrons. The lowest BCUT2D eigenvalue weighted by molar-refractivity contribution is -0.0655. The molecule has 0 saturated carbocycles. The number of rotatable bonds is 5. The average Bonchev–Trinajstić information content (AvgIpc) is 2.89. The third kappa shape index (κ3) is 5.41. The Kier molecular flexibility index (Phi) is 7.44. The second kappa shape index (κ2) is 11.0. The molecule has 0 spiro atoms. The Hall–Kier alpha value is -3.17. The van der Waals surface area contributed by atoms with Crippen LogP contribution in [-0.4, -0.2) is 65.3 Å². The highest BCUT2D eigenvalue weighted by Gasteiger charge is 2.48. The molecule has 1 aromatic heterocycles. The number of ether oxygens (including phenoxy) is 1. The van der Waals surface area contributed by atoms with E-state index in [0.717, 1.165) is 43.1 Å². The summed E-state index contributed by atoms with van der Waals surface area (Å²) in [7, 11) is 1.67. The number of hydrogen-bond acceptors (Lipinski definition) is 5. The van der Waals surface area contributed by atoms with Crippen LogP contribution >= 0.6 is 0 Å². The number of pyridine rings is 1. The molecule has 1 N–H and O–H groups in total. The Labute approximate surface area is 208 Å². The van der Waals surface area contributed by atoms with E-state index >= 15 is 0 Å². The first kappa shape index (κ1) is 23.6. The Morgan fingerprint density at radius 3 is 2.23 bits per heavy atom. The number of aliphatic hydroxyl groups is 1. The van der Waals surface area contributed by atoms with Crippen LogP contribution in [0, 0.1) is 11.8 Å². The number of aromatic nitrogens is 1. The van der Waals surface area contributed by atoms with Crippen molar-refractivity contribution < 1.29 is 9.84 Å². The molecule has 2 aliphatic heterocycles. The van der Waals surface area contributed by atoms with Crippen molar-refractivity contribution in [2.45, 2.75) is 37.4 Å². The highest BCUT2D eigenvalue weighted by Crippen LogP contribution is 2.42. The quantitative estimate of drug-likeness (QED) is 0.577. The van der Waals surface area contributed by atoms with E-state index < -0.39 is 0 Å². The fourth-order valence-corrected chi connectivity index (χ4v) is 5.51. The van der Waals surface area contributed by atoms with E-state index in [1.54, 1.807) is 7.11 Å². The van der Waals surface area contributed by atoms with Gasteiger partial charge in [-0.3, -0.25) is 14.8 Å². The molecule has 180 valence electrons. The van der Waals surface area contributed by atoms with Crippen LogP contribution in [0.1, 0.15) is 41.0 Å². The van der Waals surface area contributed by atoms with Gasteiger partial charge in [0.25, 0.3) is 0 Å². The summed E-state index contributed by atoms with van der Waals surface area (Å²) in [5.74, 6) is 7.67. The van der Waals surface area contributed by atoms with Gasteiger partial charge in [0.1, 0.15) is 5.75 Å². The molecule has 0 unspecified atom stereocenters. The van der Waals surface area contributed by atoms with E-state index in [4.69, 9.17) is 4.74 Å². The Bertz CT molecular complexity index is 1150. The van der Waals surface area contributed by atoms with E-state index in [1.807, 2.05) is 36.7 Å². The largest absolute Gasteiger partial charge is 0.497 e. The summed E-state index contributed by atoms with van der Waals surface area (Å²) in [4.78, 5) is 9.26. The molecule has 35 heavy (non-hydrogen) atoms. The zero-order chi connectivity index (χ0) is 24.0. The lowest BCUT2D eigenvalue weighted by atomic mass is 9.74. The van der Waals surface area contributed by atoms with E-state index in [-0.39, 0.29) is 12.6 Å². The van der Waals surface area contributed by atoms with Crippen LogP contribution in [0.2, 0.25) is 0 Å². The van der Waals surface area contributed by atoms with Crippen LogP contribution in [0.15, 0.2) is 73.1 Å². The first-order valence-electron chi connectivity index (χ1n) is 12.5. The summed E-state index contributed by atoms with van der Waals surface area (Å²) in [5, 5.41) is 10.2. The van der Waals surface area contributed by atoms with E-state index in [2.05, 4.69) is 63.0 Å². The molecule has 3 heterocycles. The van der Waals surface area contributed by atoms with E-state index in [9.17, 15) is 5.11 Å². The van der Waals surface area contributed by atoms with Gasteiger partial charge in [0.05, 0.1) is 13.7 Å². The summed E-state index contributed by atoms with van der Waals surface area (Å²) in [5.41, 5.74) is 4.57. The SMILES string of the molecule is COc1ccc(C#Cc2ccc([C@@H]3[C@@H](CO)N4CCCCN(Cc5ccncc5)C[C@H]34)cc2)cc1. The van der Waals surface area contributed by atoms with Crippen molar-refractivity contribution in [3.05, 3.63) is 95.3 Å². The van der Waals surface area contributed by atoms with Gasteiger partial charge in [0, 0.05) is 54.6 Å². The smallest absolute Gasteiger partial charge is 0.118 e. The monoisotopic (exact) mass is 467 g/mol. The Balaban J connectivity index is 1.30. The minimum absolute atomic E-state index is 0.192. The summed E-state index contributed by atoms with van der Waals surface area (Å²) >= 11 is 0. The Morgan fingerprint density at radius 1 is 0.914 bits per heavy atom. The normalized spacial score (nSPS) is 22.6. The molecule has 2 aromatic carbocycles. The van der Waals surface area contributed by atoms with E-state index in [0.29, 0.717) is 12.0 Å². The summed E-state index contributed by atoms with van der Waals surface area (Å²) < 4.78 is 5.22. The molecular formula is C30H33N3O2. The van der Waals surface area contributed by atoms with Crippen molar-refractivity contribution in [3.63, 3.8) is 0 Å². The molecule has 2 saturated heterocycles. The van der Waals surface area contributed by atoms with Crippen molar-refractivity contribution in [2.24, 2.45) is 0 Å². The molecule has 0 bridgehead atoms. The summed E-state index contributed by atoms with van der Waals surface area (Å²) in [6.45, 7) is 4.35. The molecule has 5 nitrogen and oxygen atoms in total. The lowest BCUT2D eigenvalue weighted by Gasteiger charge is -2.57. The summed E-state index contributed by atoms with van der Waals surface area (Å²) in [6.07, 6.45) is 6.11. The van der Waals surface area contributed by atoms with Crippen molar-refractivity contribution in [1.82, 2.24) is 14.8 Å². The van der Waals surface area contributed by atoms with Crippen molar-refractivity contribution in [3.8, 4) is 17.6 Å². The topological polar surface area (TPSA) is 48.8 Å². The first-order chi connectivity index (χ1) is 17.2. The van der Waals surface area contributed by atoms with Crippen LogP contribution in [0.5, 0.6) is 5.75 Å². The predicted octanol–water partition coefficient (Wildman–Crippen LogP) is 3.91. The van der Waals surface area contributed by atoms with Gasteiger partial charge in [-0.2, -0.15) is 0 Å². The molecule has 5 rings (SSSR count). The van der Waals surface area contributed by atoms with Gasteiger partial charge >= 0.3 is 0 Å². The Morgan fingerprint density at radius 2 is 1.57 bits per heavy atom. The second-order valence-corrected chi connectivity index (χ2v) is 9.48. The minimum atomic E-state index is 0.192. The molecule has 0 aliphatic carbocycles. The molecule has 2 fully saturated rings. The second-order valence-electron chi connectivity index (χ2n) is 9.48. The number of methoxy groups -OCH3 is 1. The van der Waals surface area contributed by atoms with Crippen LogP contribution < -0.4 is 4.74 Å². The third-order valence-corrected chi connectivity index (χ3v) is 7.35. The number of aliphatic hydroxyl groups excluding tert-OH is 1. The zero-order valence-electron chi connectivity index (χ0n) is 20.3. The van der Waals surface area contributed by atoms with E-state index in [1.165, 1.54) is 24.0 Å². The maximum absolute atomic E-state index is 10.2. The molecule has 3 atom stereocenters. The van der Waals surface area contributed by atoms with Crippen molar-refractivity contribution >= 4 is 0 Å². The first-order valence-corrected chi connectivity index (χ1v) is 12.5. The third-order valence-electron chi connectivity index (χ3n) is 7.35. The van der Waals surface area contributed by atoms with Gasteiger partial charge in [-0.1, -0.05) is 24.0 Å². The lowest BCUT2D eigenvalue weighted by Crippen LogP contribution is -2.67. The zero-order valence-corrected chi connectivity index (χ0v) is 20.3. The summed E-state index contributed by atoms with van der Waals surface area (Å²) in [6, 6.07) is 21.3. The van der Waals surface area contributed by atoms with Gasteiger partial charge in [0.15, 0.2) is 0 Å². The van der Waals surface area contributed by atoms with Gasteiger partial charge in [-0.05, 0) is 85.6 Å². The van der Waals surface area contributed by atoms with Crippen LogP contribution in [0.4, 0.5) is 0 Å². The number of nitrogens with zero attached hydrogens (tertiary/aromatic N) is 3. The maximum atomic E-state index is 10.2. The maximum Gasteiger partial charge on any atom is 0.118 e. The fourth-order valence-electron chi connectivity index (χ4n) is 5.51. The minimum Gasteiger partial charge on any atom is -0.497 e. The number of fused-ring (bicyclic) bond motifs is 1. The molecule has 0 amide bonds. The fraction of sp³-hybridized carbons (Fsp3) is 0.367. The van der Waals surface area contributed by atoms with Crippen molar-refractivity contribution in [2.75, 3.05) is 33.4 Å². The molecular weight excluding hydrogens is 434 g/mol. The van der Waals surface area contributed by atoms with Crippen LogP contribution in [0.3, 0.4) is 0 Å². The number of benzene rings is 2. The molecule has 5 heteroatoms. The van der Waals surface area contributed by atoms with Crippen LogP contribution in [-0.2, 0) is 6.54 Å². The molecule has 3 aromatic rings. The highest BCUT2D eigenvalue weighted by atomic mass is 16.5. The van der Waals surface area contributed by atoms with Gasteiger partial charge in [0.2, 0.25) is 0 Å². The van der Waals surface area contributed by atoms with Crippen molar-refractivity contribution in [1.29, 1.82) is 0 Å². The molecule has 2 aliphatic rings. The van der Waals surface area contributed by atoms with Crippen LogP contribution in [0.25, 0.3) is 0 Å². The van der Waals surface area contributed by atoms with Gasteiger partial charge < -0.3 is 9.84 Å². The van der Waals surface area contributed by atoms with Gasteiger partial charge in [-0.15, -0.1) is 0 Å².